The molecule has 158 valence electrons. The van der Waals surface area contributed by atoms with Crippen LogP contribution >= 0.6 is 0 Å². The predicted octanol–water partition coefficient (Wildman–Crippen LogP) is 5.25. The zero-order chi connectivity index (χ0) is 22.1. The van der Waals surface area contributed by atoms with E-state index < -0.39 is 0 Å². The number of nitrogens with zero attached hydrogens (tertiary/aromatic N) is 1. The number of ketones is 1. The smallest absolute Gasteiger partial charge is 0.274 e. The van der Waals surface area contributed by atoms with Crippen molar-refractivity contribution in [2.24, 2.45) is 0 Å². The number of rotatable bonds is 9. The molecular weight excluding hydrogens is 390 g/mol. The number of hydrogen-bond acceptors (Lipinski definition) is 4. The van der Waals surface area contributed by atoms with Crippen LogP contribution < -0.4 is 9.80 Å². The number of carbonyl (C=O) groups excluding carboxylic acids is 2. The summed E-state index contributed by atoms with van der Waals surface area (Å²) in [6, 6.07) is 23.8. The van der Waals surface area contributed by atoms with E-state index in [-0.39, 0.29) is 24.7 Å². The summed E-state index contributed by atoms with van der Waals surface area (Å²) >= 11 is 0. The zero-order valence-corrected chi connectivity index (χ0v) is 17.7. The van der Waals surface area contributed by atoms with Gasteiger partial charge >= 0.3 is 0 Å². The maximum absolute atomic E-state index is 12.9. The van der Waals surface area contributed by atoms with E-state index in [0.717, 1.165) is 11.1 Å². The van der Waals surface area contributed by atoms with Crippen LogP contribution in [0.25, 0.3) is 6.08 Å². The molecule has 0 unspecified atom stereocenters. The van der Waals surface area contributed by atoms with E-state index >= 15 is 0 Å². The summed E-state index contributed by atoms with van der Waals surface area (Å²) in [6.45, 7) is 2.08. The maximum atomic E-state index is 12.9. The van der Waals surface area contributed by atoms with Crippen LogP contribution in [0.5, 0.6) is 5.75 Å². The molecule has 0 aliphatic carbocycles. The van der Waals surface area contributed by atoms with E-state index in [0.29, 0.717) is 17.0 Å². The molecule has 1 amide bonds. The Balaban J connectivity index is 1.71. The van der Waals surface area contributed by atoms with Gasteiger partial charge in [-0.1, -0.05) is 60.2 Å². The van der Waals surface area contributed by atoms with Crippen molar-refractivity contribution in [1.29, 1.82) is 0 Å². The number of amides is 1. The highest BCUT2D eigenvalue weighted by Crippen LogP contribution is 2.21. The Bertz CT molecular complexity index is 1030. The SMILES string of the molecule is COc1ccc(N(OCCC(=O)c2ccccc2)C(=O)/C=C/c2ccc(C)cc2)cc1. The van der Waals surface area contributed by atoms with Crippen LogP contribution in [0, 0.1) is 6.92 Å². The van der Waals surface area contributed by atoms with Crippen LogP contribution in [0.4, 0.5) is 5.69 Å². The van der Waals surface area contributed by atoms with Crippen molar-refractivity contribution in [3.8, 4) is 5.75 Å². The average Bonchev–Trinajstić information content (AvgIpc) is 2.82. The lowest BCUT2D eigenvalue weighted by molar-refractivity contribution is -0.121. The summed E-state index contributed by atoms with van der Waals surface area (Å²) in [6.07, 6.45) is 3.34. The van der Waals surface area contributed by atoms with E-state index in [2.05, 4.69) is 0 Å². The van der Waals surface area contributed by atoms with Gasteiger partial charge in [0, 0.05) is 18.1 Å². The molecule has 0 saturated carbocycles. The maximum Gasteiger partial charge on any atom is 0.274 e. The van der Waals surface area contributed by atoms with Gasteiger partial charge in [-0.2, -0.15) is 5.06 Å². The number of hydrogen-bond donors (Lipinski definition) is 0. The number of anilines is 1. The molecule has 0 heterocycles. The molecule has 0 bridgehead atoms. The largest absolute Gasteiger partial charge is 0.497 e. The molecular formula is C26H25NO4. The third-order valence-corrected chi connectivity index (χ3v) is 4.65. The number of carbonyl (C=O) groups is 2. The quantitative estimate of drug-likeness (QED) is 0.272. The molecule has 0 atom stereocenters. The van der Waals surface area contributed by atoms with Gasteiger partial charge in [-0.15, -0.1) is 0 Å². The first-order valence-electron chi connectivity index (χ1n) is 10.0. The second-order valence-electron chi connectivity index (χ2n) is 6.95. The summed E-state index contributed by atoms with van der Waals surface area (Å²) in [7, 11) is 1.58. The summed E-state index contributed by atoms with van der Waals surface area (Å²) < 4.78 is 5.18. The van der Waals surface area contributed by atoms with E-state index in [9.17, 15) is 9.59 Å². The van der Waals surface area contributed by atoms with Crippen LogP contribution in [0.3, 0.4) is 0 Å². The standard InChI is InChI=1S/C26H25NO4/c1-20-8-10-21(11-9-20)12-17-26(29)27(23-13-15-24(30-2)16-14-23)31-19-18-25(28)22-6-4-3-5-7-22/h3-17H,18-19H2,1-2H3/b17-12+. The molecule has 0 spiro atoms. The second-order valence-corrected chi connectivity index (χ2v) is 6.95. The Kier molecular flexibility index (Phi) is 7.73. The molecule has 0 saturated heterocycles. The number of benzene rings is 3. The van der Waals surface area contributed by atoms with E-state index in [4.69, 9.17) is 9.57 Å². The first kappa shape index (κ1) is 22.0. The van der Waals surface area contributed by atoms with E-state index in [1.807, 2.05) is 49.4 Å². The number of aryl methyl sites for hydroxylation is 1. The summed E-state index contributed by atoms with van der Waals surface area (Å²) in [5, 5.41) is 1.20. The van der Waals surface area contributed by atoms with Crippen molar-refractivity contribution < 1.29 is 19.2 Å². The average molecular weight is 415 g/mol. The lowest BCUT2D eigenvalue weighted by Gasteiger charge is -2.20. The lowest BCUT2D eigenvalue weighted by Crippen LogP contribution is -2.30. The highest BCUT2D eigenvalue weighted by molar-refractivity contribution is 6.02. The molecule has 3 rings (SSSR count). The van der Waals surface area contributed by atoms with Gasteiger partial charge in [-0.25, -0.2) is 0 Å². The lowest BCUT2D eigenvalue weighted by atomic mass is 10.1. The number of hydroxylamine groups is 1. The van der Waals surface area contributed by atoms with Crippen molar-refractivity contribution in [2.75, 3.05) is 18.8 Å². The van der Waals surface area contributed by atoms with Gasteiger partial charge in [0.2, 0.25) is 0 Å². The molecule has 3 aromatic carbocycles. The Labute approximate surface area is 182 Å². The monoisotopic (exact) mass is 415 g/mol. The number of Topliss-reactive ketones (excluding diaryl/α,β-unsaturated/α-hetero) is 1. The minimum atomic E-state index is -0.349. The Morgan fingerprint density at radius 3 is 2.23 bits per heavy atom. The fourth-order valence-corrected chi connectivity index (χ4v) is 2.89. The van der Waals surface area contributed by atoms with Gasteiger partial charge in [0.15, 0.2) is 5.78 Å². The van der Waals surface area contributed by atoms with Crippen LogP contribution in [0.15, 0.2) is 84.9 Å². The van der Waals surface area contributed by atoms with E-state index in [1.54, 1.807) is 49.6 Å². The highest BCUT2D eigenvalue weighted by atomic mass is 16.7. The van der Waals surface area contributed by atoms with Crippen molar-refractivity contribution in [2.45, 2.75) is 13.3 Å². The van der Waals surface area contributed by atoms with Crippen molar-refractivity contribution >= 4 is 23.5 Å². The van der Waals surface area contributed by atoms with Crippen molar-refractivity contribution in [3.63, 3.8) is 0 Å². The molecule has 31 heavy (non-hydrogen) atoms. The normalized spacial score (nSPS) is 10.8. The fourth-order valence-electron chi connectivity index (χ4n) is 2.89. The van der Waals surface area contributed by atoms with Gasteiger partial charge < -0.3 is 4.74 Å². The third kappa shape index (κ3) is 6.39. The molecule has 0 radical (unpaired) electrons. The van der Waals surface area contributed by atoms with Gasteiger partial charge in [-0.3, -0.25) is 14.4 Å². The topological polar surface area (TPSA) is 55.8 Å². The van der Waals surface area contributed by atoms with Crippen LogP contribution in [-0.4, -0.2) is 25.4 Å². The van der Waals surface area contributed by atoms with Crippen LogP contribution in [-0.2, 0) is 9.63 Å². The molecule has 0 N–H and O–H groups in total. The van der Waals surface area contributed by atoms with E-state index in [1.165, 1.54) is 11.1 Å². The zero-order valence-electron chi connectivity index (χ0n) is 17.7. The second kappa shape index (κ2) is 10.9. The van der Waals surface area contributed by atoms with Crippen molar-refractivity contribution in [1.82, 2.24) is 0 Å². The third-order valence-electron chi connectivity index (χ3n) is 4.65. The fraction of sp³-hybridized carbons (Fsp3) is 0.154. The highest BCUT2D eigenvalue weighted by Gasteiger charge is 2.16. The molecule has 0 aromatic heterocycles. The molecule has 3 aromatic rings. The summed E-state index contributed by atoms with van der Waals surface area (Å²) in [5.74, 6) is 0.279. The van der Waals surface area contributed by atoms with Gasteiger partial charge in [0.25, 0.3) is 5.91 Å². The Morgan fingerprint density at radius 1 is 0.903 bits per heavy atom. The summed E-state index contributed by atoms with van der Waals surface area (Å²) in [4.78, 5) is 31.0. The molecule has 0 fully saturated rings. The molecule has 0 aliphatic heterocycles. The van der Waals surface area contributed by atoms with Gasteiger partial charge in [0.05, 0.1) is 19.4 Å². The van der Waals surface area contributed by atoms with Crippen LogP contribution in [0.2, 0.25) is 0 Å². The number of methoxy groups -OCH3 is 1. The molecule has 5 nitrogen and oxygen atoms in total. The van der Waals surface area contributed by atoms with Gasteiger partial charge in [0.1, 0.15) is 5.75 Å². The van der Waals surface area contributed by atoms with Gasteiger partial charge in [-0.05, 0) is 42.8 Å². The predicted molar refractivity (Wildman–Crippen MR) is 122 cm³/mol. The number of ether oxygens (including phenoxy) is 1. The molecule has 0 aliphatic rings. The Morgan fingerprint density at radius 2 is 1.58 bits per heavy atom. The van der Waals surface area contributed by atoms with Crippen LogP contribution in [0.1, 0.15) is 27.9 Å². The van der Waals surface area contributed by atoms with Crippen molar-refractivity contribution in [3.05, 3.63) is 102 Å². The first-order valence-corrected chi connectivity index (χ1v) is 10.0. The minimum Gasteiger partial charge on any atom is -0.497 e. The molecule has 5 heteroatoms. The summed E-state index contributed by atoms with van der Waals surface area (Å²) in [5.41, 5.74) is 3.22. The Hall–Kier alpha value is -3.70. The minimum absolute atomic E-state index is 0.0436. The first-order chi connectivity index (χ1) is 15.1.